The third-order valence-corrected chi connectivity index (χ3v) is 4.70. The molecular weight excluding hydrogens is 525 g/mol. The molecule has 0 atom stereocenters. The Bertz CT molecular complexity index is 854. The van der Waals surface area contributed by atoms with Crippen LogP contribution in [0.4, 0.5) is 5.69 Å². The molecule has 2 aromatic rings. The lowest BCUT2D eigenvalue weighted by Gasteiger charge is -2.08. The van der Waals surface area contributed by atoms with Gasteiger partial charge in [-0.3, -0.25) is 9.59 Å². The highest BCUT2D eigenvalue weighted by Gasteiger charge is 2.07. The number of hydrogen-bond donors (Lipinski definition) is 2. The molecule has 2 amide bonds. The normalized spacial score (nSPS) is 11.0. The molecular formula is C19H19BrIN3O3. The molecule has 142 valence electrons. The van der Waals surface area contributed by atoms with E-state index in [4.69, 9.17) is 4.74 Å². The highest BCUT2D eigenvalue weighted by atomic mass is 127. The van der Waals surface area contributed by atoms with Crippen LogP contribution in [0.3, 0.4) is 0 Å². The molecule has 2 N–H and O–H groups in total. The van der Waals surface area contributed by atoms with Crippen molar-refractivity contribution in [1.29, 1.82) is 0 Å². The van der Waals surface area contributed by atoms with Crippen molar-refractivity contribution in [2.75, 3.05) is 11.9 Å². The standard InChI is InChI=1S/C19H19BrIN3O3/c1-12-3-8-17(16(20)9-12)27-11-19(26)24-23-13(2)10-18(25)22-15-6-4-14(21)5-7-15/h3-9H,10-11H2,1-2H3,(H,22,25)(H,24,26)/b23-13+. The van der Waals surface area contributed by atoms with Crippen LogP contribution in [0.15, 0.2) is 52.0 Å². The second kappa shape index (κ2) is 10.4. The highest BCUT2D eigenvalue weighted by Crippen LogP contribution is 2.25. The number of carbonyl (C=O) groups is 2. The van der Waals surface area contributed by atoms with Gasteiger partial charge in [0, 0.05) is 15.0 Å². The van der Waals surface area contributed by atoms with Gasteiger partial charge in [0.1, 0.15) is 5.75 Å². The van der Waals surface area contributed by atoms with E-state index in [9.17, 15) is 9.59 Å². The van der Waals surface area contributed by atoms with E-state index in [1.165, 1.54) is 0 Å². The maximum absolute atomic E-state index is 12.0. The maximum Gasteiger partial charge on any atom is 0.277 e. The van der Waals surface area contributed by atoms with E-state index in [2.05, 4.69) is 54.4 Å². The SMILES string of the molecule is C/C(CC(=O)Nc1ccc(I)cc1)=N\NC(=O)COc1ccc(C)cc1Br. The molecule has 0 aliphatic carbocycles. The lowest BCUT2D eigenvalue weighted by molar-refractivity contribution is -0.123. The van der Waals surface area contributed by atoms with Crippen molar-refractivity contribution >= 4 is 61.7 Å². The van der Waals surface area contributed by atoms with Gasteiger partial charge in [-0.1, -0.05) is 6.07 Å². The first-order valence-electron chi connectivity index (χ1n) is 8.10. The first kappa shape index (κ1) is 21.4. The number of ether oxygens (including phenoxy) is 1. The first-order valence-corrected chi connectivity index (χ1v) is 9.97. The van der Waals surface area contributed by atoms with Gasteiger partial charge in [0.2, 0.25) is 5.91 Å². The number of halogens is 2. The van der Waals surface area contributed by atoms with E-state index in [0.29, 0.717) is 17.1 Å². The van der Waals surface area contributed by atoms with E-state index in [1.54, 1.807) is 13.0 Å². The van der Waals surface area contributed by atoms with Gasteiger partial charge < -0.3 is 10.1 Å². The number of nitrogens with zero attached hydrogens (tertiary/aromatic N) is 1. The molecule has 8 heteroatoms. The smallest absolute Gasteiger partial charge is 0.277 e. The summed E-state index contributed by atoms with van der Waals surface area (Å²) in [6.45, 7) is 3.46. The summed E-state index contributed by atoms with van der Waals surface area (Å²) in [5.41, 5.74) is 4.68. The van der Waals surface area contributed by atoms with Crippen LogP contribution in [0.5, 0.6) is 5.75 Å². The second-order valence-electron chi connectivity index (χ2n) is 5.84. The summed E-state index contributed by atoms with van der Waals surface area (Å²) in [5.74, 6) is -0.0280. The molecule has 27 heavy (non-hydrogen) atoms. The Morgan fingerprint density at radius 1 is 1.15 bits per heavy atom. The summed E-state index contributed by atoms with van der Waals surface area (Å²) in [6, 6.07) is 13.1. The van der Waals surface area contributed by atoms with Crippen molar-refractivity contribution < 1.29 is 14.3 Å². The number of benzene rings is 2. The van der Waals surface area contributed by atoms with Gasteiger partial charge >= 0.3 is 0 Å². The van der Waals surface area contributed by atoms with Crippen LogP contribution < -0.4 is 15.5 Å². The van der Waals surface area contributed by atoms with Gasteiger partial charge in [0.15, 0.2) is 6.61 Å². The average Bonchev–Trinajstić information content (AvgIpc) is 2.61. The number of aryl methyl sites for hydroxylation is 1. The molecule has 0 aliphatic heterocycles. The average molecular weight is 544 g/mol. The van der Waals surface area contributed by atoms with Gasteiger partial charge in [0.05, 0.1) is 10.9 Å². The van der Waals surface area contributed by atoms with Crippen molar-refractivity contribution in [3.05, 3.63) is 56.1 Å². The quantitative estimate of drug-likeness (QED) is 0.311. The number of hydrogen-bond acceptors (Lipinski definition) is 4. The molecule has 0 radical (unpaired) electrons. The third-order valence-electron chi connectivity index (χ3n) is 3.36. The van der Waals surface area contributed by atoms with Crippen LogP contribution in [0.1, 0.15) is 18.9 Å². The van der Waals surface area contributed by atoms with Crippen LogP contribution in [0.2, 0.25) is 0 Å². The van der Waals surface area contributed by atoms with Gasteiger partial charge in [-0.25, -0.2) is 5.43 Å². The Labute approximate surface area is 180 Å². The Balaban J connectivity index is 1.77. The van der Waals surface area contributed by atoms with E-state index in [0.717, 1.165) is 13.6 Å². The molecule has 0 saturated carbocycles. The Kier molecular flexibility index (Phi) is 8.23. The van der Waals surface area contributed by atoms with Crippen LogP contribution in [-0.2, 0) is 9.59 Å². The molecule has 6 nitrogen and oxygen atoms in total. The number of rotatable bonds is 7. The molecule has 0 spiro atoms. The second-order valence-corrected chi connectivity index (χ2v) is 7.94. The zero-order valence-electron chi connectivity index (χ0n) is 14.9. The fourth-order valence-corrected chi connectivity index (χ4v) is 3.03. The highest BCUT2D eigenvalue weighted by molar-refractivity contribution is 14.1. The third kappa shape index (κ3) is 7.67. The van der Waals surface area contributed by atoms with Crippen LogP contribution in [0.25, 0.3) is 0 Å². The predicted octanol–water partition coefficient (Wildman–Crippen LogP) is 4.26. The number of nitrogens with one attached hydrogen (secondary N) is 2. The number of hydrazone groups is 1. The number of anilines is 1. The van der Waals surface area contributed by atoms with E-state index >= 15 is 0 Å². The predicted molar refractivity (Wildman–Crippen MR) is 118 cm³/mol. The maximum atomic E-state index is 12.0. The topological polar surface area (TPSA) is 79.8 Å². The van der Waals surface area contributed by atoms with Gasteiger partial charge in [-0.05, 0) is 94.3 Å². The van der Waals surface area contributed by atoms with E-state index < -0.39 is 5.91 Å². The zero-order chi connectivity index (χ0) is 19.8. The fraction of sp³-hybridized carbons (Fsp3) is 0.211. The number of carbonyl (C=O) groups excluding carboxylic acids is 2. The van der Waals surface area contributed by atoms with Crippen LogP contribution >= 0.6 is 38.5 Å². The molecule has 0 aliphatic rings. The van der Waals surface area contributed by atoms with E-state index in [-0.39, 0.29) is 18.9 Å². The van der Waals surface area contributed by atoms with Crippen LogP contribution in [-0.4, -0.2) is 24.1 Å². The summed E-state index contributed by atoms with van der Waals surface area (Å²) in [7, 11) is 0. The molecule has 0 bridgehead atoms. The van der Waals surface area contributed by atoms with Gasteiger partial charge in [-0.15, -0.1) is 0 Å². The molecule has 0 saturated heterocycles. The minimum Gasteiger partial charge on any atom is -0.483 e. The van der Waals surface area contributed by atoms with Crippen molar-refractivity contribution in [2.24, 2.45) is 5.10 Å². The summed E-state index contributed by atoms with van der Waals surface area (Å²) >= 11 is 5.58. The zero-order valence-corrected chi connectivity index (χ0v) is 18.6. The van der Waals surface area contributed by atoms with Crippen LogP contribution in [0, 0.1) is 10.5 Å². The minimum atomic E-state index is -0.403. The first-order chi connectivity index (χ1) is 12.8. The summed E-state index contributed by atoms with van der Waals surface area (Å²) < 4.78 is 7.32. The minimum absolute atomic E-state index is 0.0800. The largest absolute Gasteiger partial charge is 0.483 e. The van der Waals surface area contributed by atoms with Crippen molar-refractivity contribution in [2.45, 2.75) is 20.3 Å². The number of amides is 2. The molecule has 0 fully saturated rings. The Hall–Kier alpha value is -1.94. The fourth-order valence-electron chi connectivity index (χ4n) is 2.07. The molecule has 0 aromatic heterocycles. The van der Waals surface area contributed by atoms with Crippen molar-refractivity contribution in [3.63, 3.8) is 0 Å². The molecule has 2 aromatic carbocycles. The van der Waals surface area contributed by atoms with Gasteiger partial charge in [-0.2, -0.15) is 5.10 Å². The summed E-state index contributed by atoms with van der Waals surface area (Å²) in [4.78, 5) is 23.8. The molecule has 2 rings (SSSR count). The monoisotopic (exact) mass is 543 g/mol. The summed E-state index contributed by atoms with van der Waals surface area (Å²) in [5, 5.41) is 6.71. The molecule has 0 heterocycles. The lowest BCUT2D eigenvalue weighted by Crippen LogP contribution is -2.26. The van der Waals surface area contributed by atoms with E-state index in [1.807, 2.05) is 43.3 Å². The molecule has 0 unspecified atom stereocenters. The van der Waals surface area contributed by atoms with Crippen molar-refractivity contribution in [1.82, 2.24) is 5.43 Å². The van der Waals surface area contributed by atoms with Gasteiger partial charge in [0.25, 0.3) is 5.91 Å². The lowest BCUT2D eigenvalue weighted by atomic mass is 10.2. The Morgan fingerprint density at radius 3 is 2.52 bits per heavy atom. The van der Waals surface area contributed by atoms with Crippen molar-refractivity contribution in [3.8, 4) is 5.75 Å². The summed E-state index contributed by atoms with van der Waals surface area (Å²) in [6.07, 6.45) is 0.0800. The Morgan fingerprint density at radius 2 is 1.85 bits per heavy atom.